The third-order valence-electron chi connectivity index (χ3n) is 4.04. The van der Waals surface area contributed by atoms with Crippen molar-refractivity contribution in [2.75, 3.05) is 12.3 Å². The number of benzene rings is 3. The van der Waals surface area contributed by atoms with E-state index in [0.717, 1.165) is 34.5 Å². The lowest BCUT2D eigenvalue weighted by molar-refractivity contribution is 0.325. The molecule has 2 heteroatoms. The highest BCUT2D eigenvalue weighted by molar-refractivity contribution is 5.78. The van der Waals surface area contributed by atoms with Gasteiger partial charge in [0.2, 0.25) is 0 Å². The van der Waals surface area contributed by atoms with Gasteiger partial charge in [-0.15, -0.1) is 0 Å². The summed E-state index contributed by atoms with van der Waals surface area (Å²) < 4.78 is 5.72. The van der Waals surface area contributed by atoms with Crippen LogP contribution in [0.1, 0.15) is 17.5 Å². The van der Waals surface area contributed by atoms with E-state index < -0.39 is 0 Å². The first-order valence-corrected chi connectivity index (χ1v) is 8.53. The van der Waals surface area contributed by atoms with E-state index in [1.54, 1.807) is 0 Å². The molecule has 0 aromatic heterocycles. The van der Waals surface area contributed by atoms with Gasteiger partial charge in [-0.05, 0) is 42.7 Å². The average molecular weight is 329 g/mol. The summed E-state index contributed by atoms with van der Waals surface area (Å²) in [5.41, 5.74) is 11.6. The molecule has 0 saturated heterocycles. The van der Waals surface area contributed by atoms with Crippen LogP contribution in [0.2, 0.25) is 0 Å². The number of anilines is 1. The van der Waals surface area contributed by atoms with Crippen LogP contribution in [0.3, 0.4) is 0 Å². The number of aryl methyl sites for hydroxylation is 1. The molecule has 2 nitrogen and oxygen atoms in total. The van der Waals surface area contributed by atoms with Gasteiger partial charge in [0.25, 0.3) is 0 Å². The van der Waals surface area contributed by atoms with E-state index in [2.05, 4.69) is 55.5 Å². The number of hydrogen-bond donors (Lipinski definition) is 1. The summed E-state index contributed by atoms with van der Waals surface area (Å²) >= 11 is 0. The summed E-state index contributed by atoms with van der Waals surface area (Å²) in [6, 6.07) is 24.5. The number of nitrogens with two attached hydrogens (primary N) is 1. The quantitative estimate of drug-likeness (QED) is 0.463. The number of rotatable bonds is 6. The molecule has 0 saturated carbocycles. The van der Waals surface area contributed by atoms with Gasteiger partial charge in [-0.3, -0.25) is 0 Å². The van der Waals surface area contributed by atoms with E-state index in [1.807, 2.05) is 36.4 Å². The van der Waals surface area contributed by atoms with Gasteiger partial charge in [0, 0.05) is 11.3 Å². The van der Waals surface area contributed by atoms with Crippen molar-refractivity contribution < 1.29 is 4.74 Å². The van der Waals surface area contributed by atoms with Gasteiger partial charge >= 0.3 is 0 Å². The molecule has 0 aliphatic heterocycles. The highest BCUT2D eigenvalue weighted by Gasteiger charge is 2.02. The molecular weight excluding hydrogens is 306 g/mol. The minimum Gasteiger partial charge on any atom is -0.493 e. The minimum absolute atomic E-state index is 0.664. The summed E-state index contributed by atoms with van der Waals surface area (Å²) in [4.78, 5) is 0. The van der Waals surface area contributed by atoms with Crippen molar-refractivity contribution in [1.82, 2.24) is 0 Å². The van der Waals surface area contributed by atoms with E-state index in [9.17, 15) is 0 Å². The smallest absolute Gasteiger partial charge is 0.119 e. The molecule has 0 radical (unpaired) electrons. The zero-order valence-electron chi connectivity index (χ0n) is 14.5. The maximum Gasteiger partial charge on any atom is 0.119 e. The molecular formula is C23H23NO. The third-order valence-corrected chi connectivity index (χ3v) is 4.04. The SMILES string of the molecule is Cc1ccc(OCC/C=C/c2ccc(-c3ccccc3)c(N)c2)cc1. The molecule has 126 valence electrons. The third kappa shape index (κ3) is 4.74. The molecule has 0 heterocycles. The molecule has 0 spiro atoms. The van der Waals surface area contributed by atoms with Gasteiger partial charge in [-0.1, -0.05) is 72.3 Å². The number of hydrogen-bond acceptors (Lipinski definition) is 2. The molecule has 0 bridgehead atoms. The lowest BCUT2D eigenvalue weighted by atomic mass is 10.0. The van der Waals surface area contributed by atoms with Crippen LogP contribution >= 0.6 is 0 Å². The summed E-state index contributed by atoms with van der Waals surface area (Å²) in [6.45, 7) is 2.73. The van der Waals surface area contributed by atoms with Crippen LogP contribution in [0, 0.1) is 6.92 Å². The van der Waals surface area contributed by atoms with Crippen LogP contribution in [0.25, 0.3) is 17.2 Å². The fraction of sp³-hybridized carbons (Fsp3) is 0.130. The normalized spacial score (nSPS) is 10.9. The van der Waals surface area contributed by atoms with Gasteiger partial charge < -0.3 is 10.5 Å². The van der Waals surface area contributed by atoms with Gasteiger partial charge in [-0.2, -0.15) is 0 Å². The Morgan fingerprint density at radius 3 is 2.40 bits per heavy atom. The van der Waals surface area contributed by atoms with Gasteiger partial charge in [0.15, 0.2) is 0 Å². The molecule has 0 unspecified atom stereocenters. The molecule has 3 rings (SSSR count). The maximum atomic E-state index is 6.21. The molecule has 3 aromatic carbocycles. The average Bonchev–Trinajstić information content (AvgIpc) is 2.64. The Kier molecular flexibility index (Phi) is 5.53. The Balaban J connectivity index is 1.55. The van der Waals surface area contributed by atoms with Crippen molar-refractivity contribution in [2.45, 2.75) is 13.3 Å². The van der Waals surface area contributed by atoms with E-state index >= 15 is 0 Å². The molecule has 0 aliphatic carbocycles. The van der Waals surface area contributed by atoms with Crippen molar-refractivity contribution in [3.8, 4) is 16.9 Å². The van der Waals surface area contributed by atoms with E-state index in [1.165, 1.54) is 5.56 Å². The van der Waals surface area contributed by atoms with Gasteiger partial charge in [0.05, 0.1) is 6.61 Å². The summed E-state index contributed by atoms with van der Waals surface area (Å²) in [6.07, 6.45) is 5.06. The van der Waals surface area contributed by atoms with Crippen LogP contribution in [-0.4, -0.2) is 6.61 Å². The van der Waals surface area contributed by atoms with Crippen molar-refractivity contribution in [1.29, 1.82) is 0 Å². The number of ether oxygens (including phenoxy) is 1. The Hall–Kier alpha value is -3.00. The maximum absolute atomic E-state index is 6.21. The number of nitrogen functional groups attached to an aromatic ring is 1. The topological polar surface area (TPSA) is 35.2 Å². The first kappa shape index (κ1) is 16.8. The predicted octanol–water partition coefficient (Wildman–Crippen LogP) is 5.73. The molecule has 0 amide bonds. The summed E-state index contributed by atoms with van der Waals surface area (Å²) in [5.74, 6) is 0.912. The highest BCUT2D eigenvalue weighted by Crippen LogP contribution is 2.26. The minimum atomic E-state index is 0.664. The van der Waals surface area contributed by atoms with Crippen LogP contribution in [0.15, 0.2) is 78.9 Å². The first-order valence-electron chi connectivity index (χ1n) is 8.53. The van der Waals surface area contributed by atoms with Gasteiger partial charge in [0.1, 0.15) is 5.75 Å². The molecule has 0 fully saturated rings. The van der Waals surface area contributed by atoms with E-state index in [-0.39, 0.29) is 0 Å². The molecule has 0 aliphatic rings. The van der Waals surface area contributed by atoms with Crippen molar-refractivity contribution in [2.24, 2.45) is 0 Å². The van der Waals surface area contributed by atoms with E-state index in [4.69, 9.17) is 10.5 Å². The highest BCUT2D eigenvalue weighted by atomic mass is 16.5. The van der Waals surface area contributed by atoms with Crippen molar-refractivity contribution in [3.63, 3.8) is 0 Å². The molecule has 3 aromatic rings. The molecule has 2 N–H and O–H groups in total. The molecule has 25 heavy (non-hydrogen) atoms. The van der Waals surface area contributed by atoms with E-state index in [0.29, 0.717) is 6.61 Å². The summed E-state index contributed by atoms with van der Waals surface area (Å²) in [7, 11) is 0. The fourth-order valence-electron chi connectivity index (χ4n) is 2.66. The van der Waals surface area contributed by atoms with Crippen LogP contribution in [0.5, 0.6) is 5.75 Å². The second-order valence-corrected chi connectivity index (χ2v) is 6.07. The van der Waals surface area contributed by atoms with Crippen LogP contribution in [0.4, 0.5) is 5.69 Å². The lowest BCUT2D eigenvalue weighted by Crippen LogP contribution is -1.95. The standard InChI is InChI=1S/C23H23NO/c1-18-10-13-21(14-11-18)25-16-6-5-7-19-12-15-22(23(24)17-19)20-8-3-2-4-9-20/h2-5,7-15,17H,6,16,24H2,1H3/b7-5+. The fourth-order valence-corrected chi connectivity index (χ4v) is 2.66. The van der Waals surface area contributed by atoms with Crippen LogP contribution in [-0.2, 0) is 0 Å². The first-order chi connectivity index (χ1) is 12.2. The van der Waals surface area contributed by atoms with Gasteiger partial charge in [-0.25, -0.2) is 0 Å². The lowest BCUT2D eigenvalue weighted by Gasteiger charge is -2.07. The van der Waals surface area contributed by atoms with Crippen molar-refractivity contribution in [3.05, 3.63) is 90.0 Å². The van der Waals surface area contributed by atoms with Crippen LogP contribution < -0.4 is 10.5 Å². The second kappa shape index (κ2) is 8.20. The predicted molar refractivity (Wildman–Crippen MR) is 107 cm³/mol. The largest absolute Gasteiger partial charge is 0.493 e. The molecule has 0 atom stereocenters. The van der Waals surface area contributed by atoms with Crippen molar-refractivity contribution >= 4 is 11.8 Å². The Labute approximate surface area is 149 Å². The zero-order valence-corrected chi connectivity index (χ0v) is 14.5. The zero-order chi connectivity index (χ0) is 17.5. The Morgan fingerprint density at radius 2 is 1.68 bits per heavy atom. The Bertz CT molecular complexity index is 836. The Morgan fingerprint density at radius 1 is 0.920 bits per heavy atom. The second-order valence-electron chi connectivity index (χ2n) is 6.07. The summed E-state index contributed by atoms with van der Waals surface area (Å²) in [5, 5.41) is 0. The monoisotopic (exact) mass is 329 g/mol.